The molecule has 0 spiro atoms. The first-order chi connectivity index (χ1) is 9.09. The number of allylic oxidation sites excluding steroid dienone is 2. The maximum atomic E-state index is 13.1. The molecule has 2 atom stereocenters. The number of hydrogen-bond donors (Lipinski definition) is 0. The molecule has 0 aromatic heterocycles. The standard InChI is InChI=1S/C14H11FINO2/c15-8-5-6-12(11(16)7-8)17-13(18)9-3-1-2-4-10(9)14(17)19/h1-2,5-7,9-10H,3-4H2/t9-,10+. The second-order valence-corrected chi connectivity index (χ2v) is 5.93. The monoisotopic (exact) mass is 371 g/mol. The number of halogens is 2. The zero-order chi connectivity index (χ0) is 13.6. The van der Waals surface area contributed by atoms with Crippen LogP contribution in [0.3, 0.4) is 0 Å². The van der Waals surface area contributed by atoms with Crippen molar-refractivity contribution in [3.63, 3.8) is 0 Å². The zero-order valence-corrected chi connectivity index (χ0v) is 12.1. The molecule has 0 radical (unpaired) electrons. The fourth-order valence-electron chi connectivity index (χ4n) is 2.70. The number of benzene rings is 1. The first-order valence-electron chi connectivity index (χ1n) is 6.07. The highest BCUT2D eigenvalue weighted by molar-refractivity contribution is 14.1. The van der Waals surface area contributed by atoms with Crippen molar-refractivity contribution in [3.8, 4) is 0 Å². The highest BCUT2D eigenvalue weighted by Crippen LogP contribution is 2.38. The Morgan fingerprint density at radius 2 is 1.68 bits per heavy atom. The molecule has 98 valence electrons. The largest absolute Gasteiger partial charge is 0.274 e. The van der Waals surface area contributed by atoms with Crippen LogP contribution in [0.4, 0.5) is 10.1 Å². The van der Waals surface area contributed by atoms with Crippen LogP contribution in [0.15, 0.2) is 30.4 Å². The van der Waals surface area contributed by atoms with Crippen LogP contribution >= 0.6 is 22.6 Å². The van der Waals surface area contributed by atoms with E-state index in [0.29, 0.717) is 22.1 Å². The van der Waals surface area contributed by atoms with Crippen LogP contribution in [0.25, 0.3) is 0 Å². The van der Waals surface area contributed by atoms with E-state index in [2.05, 4.69) is 0 Å². The number of carbonyl (C=O) groups excluding carboxylic acids is 2. The highest BCUT2D eigenvalue weighted by atomic mass is 127. The fraction of sp³-hybridized carbons (Fsp3) is 0.286. The van der Waals surface area contributed by atoms with Gasteiger partial charge in [0.15, 0.2) is 0 Å². The normalized spacial score (nSPS) is 25.9. The van der Waals surface area contributed by atoms with Crippen LogP contribution in [-0.4, -0.2) is 11.8 Å². The molecule has 1 aliphatic carbocycles. The Morgan fingerprint density at radius 3 is 2.21 bits per heavy atom. The summed E-state index contributed by atoms with van der Waals surface area (Å²) in [6.07, 6.45) is 5.13. The molecule has 1 saturated heterocycles. The van der Waals surface area contributed by atoms with Crippen LogP contribution in [0.2, 0.25) is 0 Å². The third-order valence-corrected chi connectivity index (χ3v) is 4.52. The van der Waals surface area contributed by atoms with Crippen molar-refractivity contribution in [1.82, 2.24) is 0 Å². The SMILES string of the molecule is O=C1[C@H]2CC=CC[C@H]2C(=O)N1c1ccc(F)cc1I. The molecular formula is C14H11FINO2. The number of fused-ring (bicyclic) bond motifs is 1. The Bertz CT molecular complexity index is 573. The van der Waals surface area contributed by atoms with Gasteiger partial charge in [0, 0.05) is 3.57 Å². The van der Waals surface area contributed by atoms with Gasteiger partial charge in [0.25, 0.3) is 0 Å². The molecule has 1 aliphatic heterocycles. The van der Waals surface area contributed by atoms with E-state index in [4.69, 9.17) is 0 Å². The lowest BCUT2D eigenvalue weighted by molar-refractivity contribution is -0.122. The summed E-state index contributed by atoms with van der Waals surface area (Å²) in [5, 5.41) is 0. The number of anilines is 1. The van der Waals surface area contributed by atoms with Gasteiger partial charge in [-0.05, 0) is 53.6 Å². The summed E-state index contributed by atoms with van der Waals surface area (Å²) in [6, 6.07) is 4.10. The van der Waals surface area contributed by atoms with Gasteiger partial charge < -0.3 is 0 Å². The molecule has 3 rings (SSSR count). The highest BCUT2D eigenvalue weighted by Gasteiger charge is 2.48. The predicted octanol–water partition coefficient (Wildman–Crippen LogP) is 2.89. The summed E-state index contributed by atoms with van der Waals surface area (Å²) >= 11 is 1.95. The Kier molecular flexibility index (Phi) is 3.16. The maximum Gasteiger partial charge on any atom is 0.238 e. The van der Waals surface area contributed by atoms with Gasteiger partial charge in [0.1, 0.15) is 5.82 Å². The van der Waals surface area contributed by atoms with E-state index in [1.807, 2.05) is 34.7 Å². The van der Waals surface area contributed by atoms with Crippen LogP contribution in [0.1, 0.15) is 12.8 Å². The van der Waals surface area contributed by atoms with Crippen LogP contribution in [0.5, 0.6) is 0 Å². The van der Waals surface area contributed by atoms with E-state index in [1.54, 1.807) is 0 Å². The van der Waals surface area contributed by atoms with E-state index >= 15 is 0 Å². The lowest BCUT2D eigenvalue weighted by atomic mass is 9.85. The average Bonchev–Trinajstić information content (AvgIpc) is 2.64. The van der Waals surface area contributed by atoms with E-state index in [0.717, 1.165) is 0 Å². The molecule has 2 amide bonds. The van der Waals surface area contributed by atoms with E-state index < -0.39 is 0 Å². The van der Waals surface area contributed by atoms with Crippen molar-refractivity contribution in [3.05, 3.63) is 39.7 Å². The maximum absolute atomic E-state index is 13.1. The van der Waals surface area contributed by atoms with Crippen molar-refractivity contribution >= 4 is 40.1 Å². The number of imide groups is 1. The third kappa shape index (κ3) is 2.00. The lowest BCUT2D eigenvalue weighted by Gasteiger charge is -2.16. The smallest absolute Gasteiger partial charge is 0.238 e. The molecule has 19 heavy (non-hydrogen) atoms. The second-order valence-electron chi connectivity index (χ2n) is 4.76. The summed E-state index contributed by atoms with van der Waals surface area (Å²) < 4.78 is 13.7. The third-order valence-electron chi connectivity index (χ3n) is 3.66. The minimum atomic E-state index is -0.369. The Morgan fingerprint density at radius 1 is 1.11 bits per heavy atom. The Balaban J connectivity index is 2.02. The van der Waals surface area contributed by atoms with Gasteiger partial charge in [-0.3, -0.25) is 9.59 Å². The molecule has 0 saturated carbocycles. The Labute approximate surface area is 123 Å². The van der Waals surface area contributed by atoms with Crippen molar-refractivity contribution in [2.24, 2.45) is 11.8 Å². The quantitative estimate of drug-likeness (QED) is 0.433. The van der Waals surface area contributed by atoms with Crippen LogP contribution in [-0.2, 0) is 9.59 Å². The number of nitrogens with zero attached hydrogens (tertiary/aromatic N) is 1. The van der Waals surface area contributed by atoms with E-state index in [1.165, 1.54) is 23.1 Å². The van der Waals surface area contributed by atoms with Crippen molar-refractivity contribution in [1.29, 1.82) is 0 Å². The fourth-order valence-corrected chi connectivity index (χ4v) is 3.42. The first-order valence-corrected chi connectivity index (χ1v) is 7.15. The summed E-state index contributed by atoms with van der Waals surface area (Å²) in [7, 11) is 0. The number of rotatable bonds is 1. The van der Waals surface area contributed by atoms with Gasteiger partial charge in [-0.1, -0.05) is 12.2 Å². The van der Waals surface area contributed by atoms with Gasteiger partial charge in [0.05, 0.1) is 17.5 Å². The minimum absolute atomic E-state index is 0.163. The van der Waals surface area contributed by atoms with Gasteiger partial charge in [-0.25, -0.2) is 9.29 Å². The molecule has 0 unspecified atom stereocenters. The summed E-state index contributed by atoms with van der Waals surface area (Å²) in [6.45, 7) is 0. The molecule has 2 aliphatic rings. The van der Waals surface area contributed by atoms with Crippen LogP contribution in [0, 0.1) is 21.2 Å². The summed E-state index contributed by atoms with van der Waals surface area (Å²) in [5.74, 6) is -1.20. The molecule has 1 heterocycles. The van der Waals surface area contributed by atoms with Gasteiger partial charge in [-0.2, -0.15) is 0 Å². The molecule has 1 aromatic rings. The van der Waals surface area contributed by atoms with Crippen LogP contribution < -0.4 is 4.90 Å². The minimum Gasteiger partial charge on any atom is -0.274 e. The van der Waals surface area contributed by atoms with Gasteiger partial charge in [-0.15, -0.1) is 0 Å². The first kappa shape index (κ1) is 12.8. The second kappa shape index (κ2) is 4.70. The average molecular weight is 371 g/mol. The molecule has 5 heteroatoms. The molecule has 0 N–H and O–H groups in total. The summed E-state index contributed by atoms with van der Waals surface area (Å²) in [4.78, 5) is 25.9. The topological polar surface area (TPSA) is 37.4 Å². The predicted molar refractivity (Wildman–Crippen MR) is 77.0 cm³/mol. The molecule has 1 fully saturated rings. The molecule has 1 aromatic carbocycles. The van der Waals surface area contributed by atoms with E-state index in [-0.39, 0.29) is 29.5 Å². The Hall–Kier alpha value is -1.24. The van der Waals surface area contributed by atoms with E-state index in [9.17, 15) is 14.0 Å². The lowest BCUT2D eigenvalue weighted by Crippen LogP contribution is -2.31. The van der Waals surface area contributed by atoms with Gasteiger partial charge in [0.2, 0.25) is 11.8 Å². The zero-order valence-electron chi connectivity index (χ0n) is 9.98. The molecule has 0 bridgehead atoms. The molecular weight excluding hydrogens is 360 g/mol. The summed E-state index contributed by atoms with van der Waals surface area (Å²) in [5.41, 5.74) is 0.492. The van der Waals surface area contributed by atoms with Crippen molar-refractivity contribution in [2.45, 2.75) is 12.8 Å². The van der Waals surface area contributed by atoms with Crippen molar-refractivity contribution in [2.75, 3.05) is 4.90 Å². The number of carbonyl (C=O) groups is 2. The van der Waals surface area contributed by atoms with Gasteiger partial charge >= 0.3 is 0 Å². The number of hydrogen-bond acceptors (Lipinski definition) is 2. The van der Waals surface area contributed by atoms with Crippen molar-refractivity contribution < 1.29 is 14.0 Å². The molecule has 3 nitrogen and oxygen atoms in total. The number of amides is 2.